The molecule has 0 radical (unpaired) electrons. The number of nitrogens with one attached hydrogen (secondary N) is 2. The summed E-state index contributed by atoms with van der Waals surface area (Å²) in [5.74, 6) is -0.181. The molecule has 0 aliphatic heterocycles. The van der Waals surface area contributed by atoms with Crippen LogP contribution in [0.25, 0.3) is 0 Å². The molecule has 1 amide bonds. The summed E-state index contributed by atoms with van der Waals surface area (Å²) in [5, 5.41) is 6.55. The lowest BCUT2D eigenvalue weighted by atomic mass is 10.2. The molecular formula is C19H14Cl2FN3O. The molecule has 0 saturated heterocycles. The fourth-order valence-electron chi connectivity index (χ4n) is 2.28. The normalized spacial score (nSPS) is 10.4. The molecular weight excluding hydrogens is 376 g/mol. The van der Waals surface area contributed by atoms with Gasteiger partial charge in [-0.1, -0.05) is 41.4 Å². The Balaban J connectivity index is 1.70. The van der Waals surface area contributed by atoms with Crippen molar-refractivity contribution in [2.45, 2.75) is 6.54 Å². The molecule has 4 nitrogen and oxygen atoms in total. The maximum absolute atomic E-state index is 13.7. The largest absolute Gasteiger partial charge is 0.366 e. The van der Waals surface area contributed by atoms with E-state index in [-0.39, 0.29) is 18.3 Å². The van der Waals surface area contributed by atoms with Crippen LogP contribution in [0.5, 0.6) is 0 Å². The summed E-state index contributed by atoms with van der Waals surface area (Å²) in [4.78, 5) is 16.6. The molecule has 1 heterocycles. The van der Waals surface area contributed by atoms with Crippen LogP contribution in [-0.4, -0.2) is 10.9 Å². The number of aromatic nitrogens is 1. The Labute approximate surface area is 160 Å². The van der Waals surface area contributed by atoms with Crippen LogP contribution in [0.3, 0.4) is 0 Å². The van der Waals surface area contributed by atoms with Crippen LogP contribution in [0.1, 0.15) is 15.9 Å². The Bertz CT molecular complexity index is 950. The van der Waals surface area contributed by atoms with Gasteiger partial charge in [0.25, 0.3) is 5.91 Å². The Hall–Kier alpha value is -2.63. The van der Waals surface area contributed by atoms with Crippen LogP contribution in [0.15, 0.2) is 60.8 Å². The van der Waals surface area contributed by atoms with Gasteiger partial charge in [0.15, 0.2) is 0 Å². The molecule has 0 bridgehead atoms. The van der Waals surface area contributed by atoms with Gasteiger partial charge in [-0.3, -0.25) is 4.79 Å². The maximum atomic E-state index is 13.7. The van der Waals surface area contributed by atoms with Crippen LogP contribution in [0, 0.1) is 5.82 Å². The van der Waals surface area contributed by atoms with Gasteiger partial charge in [-0.15, -0.1) is 0 Å². The van der Waals surface area contributed by atoms with Crippen molar-refractivity contribution in [2.24, 2.45) is 0 Å². The molecule has 2 N–H and O–H groups in total. The first-order chi connectivity index (χ1) is 12.5. The highest BCUT2D eigenvalue weighted by Gasteiger charge is 2.10. The topological polar surface area (TPSA) is 54.0 Å². The number of hydrogen-bond donors (Lipinski definition) is 2. The second-order valence-electron chi connectivity index (χ2n) is 5.45. The minimum Gasteiger partial charge on any atom is -0.366 e. The molecule has 2 aromatic carbocycles. The molecule has 0 aliphatic rings. The van der Waals surface area contributed by atoms with Gasteiger partial charge in [0, 0.05) is 28.9 Å². The van der Waals surface area contributed by atoms with Gasteiger partial charge in [0.1, 0.15) is 11.6 Å². The van der Waals surface area contributed by atoms with Gasteiger partial charge in [0.2, 0.25) is 0 Å². The number of anilines is 2. The van der Waals surface area contributed by atoms with Crippen molar-refractivity contribution in [1.29, 1.82) is 0 Å². The molecule has 0 atom stereocenters. The van der Waals surface area contributed by atoms with Crippen LogP contribution in [0.2, 0.25) is 10.0 Å². The summed E-state index contributed by atoms with van der Waals surface area (Å²) in [5.41, 5.74) is 1.36. The highest BCUT2D eigenvalue weighted by molar-refractivity contribution is 6.36. The molecule has 0 spiro atoms. The molecule has 0 saturated carbocycles. The van der Waals surface area contributed by atoms with E-state index in [1.54, 1.807) is 48.5 Å². The maximum Gasteiger partial charge on any atom is 0.255 e. The number of hydrogen-bond acceptors (Lipinski definition) is 3. The Morgan fingerprint density at radius 1 is 1.08 bits per heavy atom. The van der Waals surface area contributed by atoms with Crippen molar-refractivity contribution in [3.63, 3.8) is 0 Å². The fraction of sp³-hybridized carbons (Fsp3) is 0.0526. The van der Waals surface area contributed by atoms with E-state index < -0.39 is 0 Å². The van der Waals surface area contributed by atoms with E-state index in [0.29, 0.717) is 32.7 Å². The van der Waals surface area contributed by atoms with E-state index in [2.05, 4.69) is 15.6 Å². The second kappa shape index (κ2) is 8.17. The first kappa shape index (κ1) is 18.2. The standard InChI is InChI=1S/C19H14Cl2FN3O/c20-14-5-6-17(15(21)10-14)25-19(26)12-7-8-23-18(9-12)24-11-13-3-1-2-4-16(13)22/h1-10H,11H2,(H,23,24)(H,25,26). The first-order valence-corrected chi connectivity index (χ1v) is 8.48. The number of nitrogens with zero attached hydrogens (tertiary/aromatic N) is 1. The van der Waals surface area contributed by atoms with Gasteiger partial charge in [-0.25, -0.2) is 9.37 Å². The lowest BCUT2D eigenvalue weighted by molar-refractivity contribution is 0.102. The Kier molecular flexibility index (Phi) is 5.71. The zero-order chi connectivity index (χ0) is 18.5. The summed E-state index contributed by atoms with van der Waals surface area (Å²) in [6.45, 7) is 0.258. The van der Waals surface area contributed by atoms with Crippen LogP contribution >= 0.6 is 23.2 Å². The van der Waals surface area contributed by atoms with E-state index in [0.717, 1.165) is 0 Å². The average Bonchev–Trinajstić information content (AvgIpc) is 2.63. The van der Waals surface area contributed by atoms with E-state index >= 15 is 0 Å². The SMILES string of the molecule is O=C(Nc1ccc(Cl)cc1Cl)c1ccnc(NCc2ccccc2F)c1. The third kappa shape index (κ3) is 4.50. The van der Waals surface area contributed by atoms with Gasteiger partial charge in [-0.05, 0) is 36.4 Å². The molecule has 0 unspecified atom stereocenters. The minimum atomic E-state index is -0.342. The molecule has 0 fully saturated rings. The lowest BCUT2D eigenvalue weighted by Gasteiger charge is -2.10. The average molecular weight is 390 g/mol. The molecule has 3 aromatic rings. The summed E-state index contributed by atoms with van der Waals surface area (Å²) in [6.07, 6.45) is 1.50. The van der Waals surface area contributed by atoms with Crippen molar-refractivity contribution in [2.75, 3.05) is 10.6 Å². The second-order valence-corrected chi connectivity index (χ2v) is 6.30. The van der Waals surface area contributed by atoms with Crippen LogP contribution in [-0.2, 0) is 6.54 Å². The van der Waals surface area contributed by atoms with Gasteiger partial charge in [0.05, 0.1) is 10.7 Å². The third-order valence-corrected chi connectivity index (χ3v) is 4.17. The summed E-state index contributed by atoms with van der Waals surface area (Å²) in [7, 11) is 0. The number of amides is 1. The van der Waals surface area contributed by atoms with Crippen molar-refractivity contribution in [3.8, 4) is 0 Å². The Morgan fingerprint density at radius 2 is 1.88 bits per heavy atom. The fourth-order valence-corrected chi connectivity index (χ4v) is 2.74. The molecule has 26 heavy (non-hydrogen) atoms. The Morgan fingerprint density at radius 3 is 2.65 bits per heavy atom. The molecule has 0 aliphatic carbocycles. The van der Waals surface area contributed by atoms with Crippen LogP contribution < -0.4 is 10.6 Å². The van der Waals surface area contributed by atoms with Crippen molar-refractivity contribution >= 4 is 40.6 Å². The number of rotatable bonds is 5. The minimum absolute atomic E-state index is 0.258. The first-order valence-electron chi connectivity index (χ1n) is 7.72. The molecule has 1 aromatic heterocycles. The van der Waals surface area contributed by atoms with E-state index in [4.69, 9.17) is 23.2 Å². The smallest absolute Gasteiger partial charge is 0.255 e. The van der Waals surface area contributed by atoms with E-state index in [1.807, 2.05) is 0 Å². The number of halogens is 3. The van der Waals surface area contributed by atoms with Gasteiger partial charge < -0.3 is 10.6 Å². The van der Waals surface area contributed by atoms with Gasteiger partial charge in [-0.2, -0.15) is 0 Å². The number of pyridine rings is 1. The predicted molar refractivity (Wildman–Crippen MR) is 102 cm³/mol. The quantitative estimate of drug-likeness (QED) is 0.614. The number of benzene rings is 2. The van der Waals surface area contributed by atoms with E-state index in [1.165, 1.54) is 12.3 Å². The zero-order valence-corrected chi connectivity index (χ0v) is 15.0. The molecule has 7 heteroatoms. The number of carbonyl (C=O) groups excluding carboxylic acids is 1. The van der Waals surface area contributed by atoms with Crippen molar-refractivity contribution < 1.29 is 9.18 Å². The van der Waals surface area contributed by atoms with Crippen molar-refractivity contribution in [3.05, 3.63) is 87.8 Å². The van der Waals surface area contributed by atoms with Crippen LogP contribution in [0.4, 0.5) is 15.9 Å². The molecule has 3 rings (SSSR count). The third-order valence-electron chi connectivity index (χ3n) is 3.62. The summed E-state index contributed by atoms with van der Waals surface area (Å²) >= 11 is 11.9. The number of carbonyl (C=O) groups is 1. The zero-order valence-electron chi connectivity index (χ0n) is 13.5. The summed E-state index contributed by atoms with van der Waals surface area (Å²) < 4.78 is 13.7. The van der Waals surface area contributed by atoms with E-state index in [9.17, 15) is 9.18 Å². The summed E-state index contributed by atoms with van der Waals surface area (Å²) in [6, 6.07) is 14.4. The monoisotopic (exact) mass is 389 g/mol. The lowest BCUT2D eigenvalue weighted by Crippen LogP contribution is -2.13. The van der Waals surface area contributed by atoms with Crippen molar-refractivity contribution in [1.82, 2.24) is 4.98 Å². The highest BCUT2D eigenvalue weighted by Crippen LogP contribution is 2.26. The highest BCUT2D eigenvalue weighted by atomic mass is 35.5. The molecule has 132 valence electrons. The van der Waals surface area contributed by atoms with Gasteiger partial charge >= 0.3 is 0 Å². The predicted octanol–water partition coefficient (Wildman–Crippen LogP) is 5.39.